The van der Waals surface area contributed by atoms with Crippen molar-refractivity contribution in [3.8, 4) is 0 Å². The molecule has 1 saturated heterocycles. The van der Waals surface area contributed by atoms with E-state index in [9.17, 15) is 21.6 Å². The summed E-state index contributed by atoms with van der Waals surface area (Å²) in [4.78, 5) is 0.507. The van der Waals surface area contributed by atoms with Crippen LogP contribution >= 0.6 is 0 Å². The van der Waals surface area contributed by atoms with Crippen LogP contribution in [0.3, 0.4) is 0 Å². The van der Waals surface area contributed by atoms with Crippen molar-refractivity contribution in [1.29, 1.82) is 0 Å². The molecule has 4 nitrogen and oxygen atoms in total. The van der Waals surface area contributed by atoms with Crippen molar-refractivity contribution in [2.24, 2.45) is 0 Å². The summed E-state index contributed by atoms with van der Waals surface area (Å²) in [6.45, 7) is 1.65. The van der Waals surface area contributed by atoms with Crippen LogP contribution in [0.1, 0.15) is 5.56 Å². The first-order valence-electron chi connectivity index (χ1n) is 6.20. The van der Waals surface area contributed by atoms with E-state index in [1.807, 2.05) is 7.05 Å². The lowest BCUT2D eigenvalue weighted by Crippen LogP contribution is -3.12. The minimum atomic E-state index is -4.68. The number of benzene rings is 1. The summed E-state index contributed by atoms with van der Waals surface area (Å²) in [5.41, 5.74) is -1.11. The normalized spacial score (nSPS) is 19.2. The Bertz CT molecular complexity index is 579. The van der Waals surface area contributed by atoms with Crippen LogP contribution in [0.2, 0.25) is 0 Å². The van der Waals surface area contributed by atoms with E-state index >= 15 is 0 Å². The quantitative estimate of drug-likeness (QED) is 0.849. The van der Waals surface area contributed by atoms with Gasteiger partial charge in [0.1, 0.15) is 0 Å². The summed E-state index contributed by atoms with van der Waals surface area (Å²) in [5, 5.41) is 0. The molecule has 0 aromatic heterocycles. The molecule has 1 N–H and O–H groups in total. The van der Waals surface area contributed by atoms with Crippen molar-refractivity contribution < 1.29 is 26.5 Å². The van der Waals surface area contributed by atoms with Crippen molar-refractivity contribution in [1.82, 2.24) is 4.31 Å². The van der Waals surface area contributed by atoms with Crippen molar-refractivity contribution in [2.75, 3.05) is 33.2 Å². The maximum atomic E-state index is 12.9. The average molecular weight is 309 g/mol. The first-order chi connectivity index (χ1) is 9.23. The molecule has 1 aromatic rings. The second kappa shape index (κ2) is 5.34. The van der Waals surface area contributed by atoms with Gasteiger partial charge in [0.2, 0.25) is 10.0 Å². The molecule has 8 heteroatoms. The molecular weight excluding hydrogens is 293 g/mol. The molecule has 112 valence electrons. The Hall–Kier alpha value is -1.12. The molecular formula is C12H16F3N2O2S+. The fourth-order valence-corrected chi connectivity index (χ4v) is 3.83. The van der Waals surface area contributed by atoms with Crippen LogP contribution in [0.25, 0.3) is 0 Å². The van der Waals surface area contributed by atoms with E-state index < -0.39 is 26.7 Å². The number of halogens is 3. The number of quaternary nitrogens is 1. The lowest BCUT2D eigenvalue weighted by molar-refractivity contribution is -0.883. The summed E-state index contributed by atoms with van der Waals surface area (Å²) in [6, 6.07) is 4.32. The zero-order valence-electron chi connectivity index (χ0n) is 10.9. The number of hydrogen-bond donors (Lipinski definition) is 1. The molecule has 0 bridgehead atoms. The topological polar surface area (TPSA) is 41.8 Å². The molecule has 1 heterocycles. The molecule has 0 unspecified atom stereocenters. The molecule has 0 aliphatic carbocycles. The summed E-state index contributed by atoms with van der Waals surface area (Å²) in [5.74, 6) is 0. The van der Waals surface area contributed by atoms with Gasteiger partial charge >= 0.3 is 6.18 Å². The van der Waals surface area contributed by atoms with Gasteiger partial charge in [-0.15, -0.1) is 0 Å². The highest BCUT2D eigenvalue weighted by Gasteiger charge is 2.39. The van der Waals surface area contributed by atoms with Gasteiger partial charge < -0.3 is 4.90 Å². The minimum Gasteiger partial charge on any atom is -0.335 e. The third-order valence-corrected chi connectivity index (χ3v) is 5.34. The largest absolute Gasteiger partial charge is 0.417 e. The van der Waals surface area contributed by atoms with E-state index in [0.717, 1.165) is 16.4 Å². The van der Waals surface area contributed by atoms with Crippen LogP contribution in [0.15, 0.2) is 29.2 Å². The molecule has 20 heavy (non-hydrogen) atoms. The second-order valence-electron chi connectivity index (χ2n) is 4.86. The van der Waals surface area contributed by atoms with Crippen LogP contribution in [0.5, 0.6) is 0 Å². The highest BCUT2D eigenvalue weighted by atomic mass is 32.2. The molecule has 0 atom stereocenters. The Labute approximate surface area is 115 Å². The molecule has 1 fully saturated rings. The fourth-order valence-electron chi connectivity index (χ4n) is 2.17. The maximum Gasteiger partial charge on any atom is 0.417 e. The van der Waals surface area contributed by atoms with Gasteiger partial charge in [0.25, 0.3) is 0 Å². The summed E-state index contributed by atoms with van der Waals surface area (Å²) >= 11 is 0. The molecule has 0 amide bonds. The standard InChI is InChI=1S/C12H15F3N2O2S/c1-16-6-8-17(9-7-16)20(18,19)11-5-3-2-4-10(11)12(13,14)15/h2-5H,6-9H2,1H3/p+1. The SMILES string of the molecule is C[NH+]1CCN(S(=O)(=O)c2ccccc2C(F)(F)F)CC1. The lowest BCUT2D eigenvalue weighted by Gasteiger charge is -2.30. The number of rotatable bonds is 2. The summed E-state index contributed by atoms with van der Waals surface area (Å²) < 4.78 is 64.6. The Morgan fingerprint density at radius 3 is 2.25 bits per heavy atom. The lowest BCUT2D eigenvalue weighted by atomic mass is 10.2. The molecule has 0 saturated carbocycles. The highest BCUT2D eigenvalue weighted by molar-refractivity contribution is 7.89. The monoisotopic (exact) mass is 309 g/mol. The van der Waals surface area contributed by atoms with Crippen LogP contribution < -0.4 is 4.90 Å². The Morgan fingerprint density at radius 1 is 1.15 bits per heavy atom. The summed E-state index contributed by atoms with van der Waals surface area (Å²) in [7, 11) is -2.18. The minimum absolute atomic E-state index is 0.236. The second-order valence-corrected chi connectivity index (χ2v) is 6.76. The Balaban J connectivity index is 2.40. The fraction of sp³-hybridized carbons (Fsp3) is 0.500. The molecule has 1 aliphatic rings. The van der Waals surface area contributed by atoms with Gasteiger partial charge in [-0.25, -0.2) is 8.42 Å². The third-order valence-electron chi connectivity index (χ3n) is 3.39. The molecule has 0 spiro atoms. The van der Waals surface area contributed by atoms with Crippen LogP contribution in [0.4, 0.5) is 13.2 Å². The van der Waals surface area contributed by atoms with Gasteiger partial charge in [0, 0.05) is 0 Å². The highest BCUT2D eigenvalue weighted by Crippen LogP contribution is 2.35. The van der Waals surface area contributed by atoms with Crippen molar-refractivity contribution in [3.05, 3.63) is 29.8 Å². The van der Waals surface area contributed by atoms with E-state index in [-0.39, 0.29) is 13.1 Å². The van der Waals surface area contributed by atoms with E-state index in [0.29, 0.717) is 13.1 Å². The van der Waals surface area contributed by atoms with E-state index in [1.54, 1.807) is 0 Å². The Kier molecular flexibility index (Phi) is 4.08. The van der Waals surface area contributed by atoms with Gasteiger partial charge in [-0.1, -0.05) is 12.1 Å². The van der Waals surface area contributed by atoms with Gasteiger partial charge in [-0.2, -0.15) is 17.5 Å². The molecule has 1 aliphatic heterocycles. The van der Waals surface area contributed by atoms with Crippen LogP contribution in [0, 0.1) is 0 Å². The van der Waals surface area contributed by atoms with Gasteiger partial charge in [0.15, 0.2) is 0 Å². The average Bonchev–Trinajstić information content (AvgIpc) is 2.38. The first kappa shape index (κ1) is 15.3. The van der Waals surface area contributed by atoms with Crippen molar-refractivity contribution in [2.45, 2.75) is 11.1 Å². The number of alkyl halides is 3. The van der Waals surface area contributed by atoms with E-state index in [1.165, 1.54) is 17.0 Å². The van der Waals surface area contributed by atoms with Gasteiger partial charge in [-0.3, -0.25) is 0 Å². The molecule has 2 rings (SSSR count). The van der Waals surface area contributed by atoms with Gasteiger partial charge in [0.05, 0.1) is 43.7 Å². The Morgan fingerprint density at radius 2 is 1.70 bits per heavy atom. The van der Waals surface area contributed by atoms with Crippen LogP contribution in [-0.2, 0) is 16.2 Å². The molecule has 0 radical (unpaired) electrons. The van der Waals surface area contributed by atoms with Crippen molar-refractivity contribution >= 4 is 10.0 Å². The van der Waals surface area contributed by atoms with E-state index in [4.69, 9.17) is 0 Å². The zero-order valence-corrected chi connectivity index (χ0v) is 11.8. The van der Waals surface area contributed by atoms with Crippen molar-refractivity contribution in [3.63, 3.8) is 0 Å². The first-order valence-corrected chi connectivity index (χ1v) is 7.64. The maximum absolute atomic E-state index is 12.9. The third kappa shape index (κ3) is 2.97. The number of sulfonamides is 1. The number of piperazine rings is 1. The number of nitrogens with zero attached hydrogens (tertiary/aromatic N) is 1. The summed E-state index contributed by atoms with van der Waals surface area (Å²) in [6.07, 6.45) is -4.68. The van der Waals surface area contributed by atoms with Gasteiger partial charge in [-0.05, 0) is 12.1 Å². The molecule has 1 aromatic carbocycles. The zero-order chi connectivity index (χ0) is 15.0. The predicted molar refractivity (Wildman–Crippen MR) is 66.8 cm³/mol. The predicted octanol–water partition coefficient (Wildman–Crippen LogP) is 0.224. The number of hydrogen-bond acceptors (Lipinski definition) is 2. The van der Waals surface area contributed by atoms with E-state index in [2.05, 4.69) is 0 Å². The number of nitrogens with one attached hydrogen (secondary N) is 1. The number of likely N-dealkylation sites (N-methyl/N-ethyl adjacent to an activating group) is 1. The van der Waals surface area contributed by atoms with Crippen LogP contribution in [-0.4, -0.2) is 45.9 Å². The smallest absolute Gasteiger partial charge is 0.335 e.